The second-order valence-corrected chi connectivity index (χ2v) is 8.68. The molecule has 0 saturated carbocycles. The normalized spacial score (nSPS) is 21.0. The number of carbonyl (C=O) groups excluding carboxylic acids is 1. The summed E-state index contributed by atoms with van der Waals surface area (Å²) in [4.78, 5) is 32.6. The Hall–Kier alpha value is -2.23. The minimum absolute atomic E-state index is 0.0956. The highest BCUT2D eigenvalue weighted by Gasteiger charge is 2.31. The lowest BCUT2D eigenvalue weighted by Crippen LogP contribution is -2.27. The van der Waals surface area contributed by atoms with E-state index in [1.165, 1.54) is 21.1 Å². The van der Waals surface area contributed by atoms with Crippen molar-refractivity contribution >= 4 is 51.7 Å². The van der Waals surface area contributed by atoms with Gasteiger partial charge in [-0.2, -0.15) is 0 Å². The van der Waals surface area contributed by atoms with Crippen LogP contribution in [-0.2, 0) is 9.53 Å². The van der Waals surface area contributed by atoms with Gasteiger partial charge in [0.2, 0.25) is 0 Å². The number of hydrogen-bond donors (Lipinski definition) is 1. The topological polar surface area (TPSA) is 75.9 Å². The Morgan fingerprint density at radius 2 is 2.28 bits per heavy atom. The molecule has 0 bridgehead atoms. The molecule has 29 heavy (non-hydrogen) atoms. The molecule has 9 heteroatoms. The van der Waals surface area contributed by atoms with Gasteiger partial charge >= 0.3 is 0 Å². The third-order valence-electron chi connectivity index (χ3n) is 5.07. The first-order valence-electron chi connectivity index (χ1n) is 9.62. The number of aryl methyl sites for hydroxylation is 1. The third kappa shape index (κ3) is 3.82. The van der Waals surface area contributed by atoms with Crippen molar-refractivity contribution in [3.8, 4) is 0 Å². The van der Waals surface area contributed by atoms with Crippen molar-refractivity contribution in [1.82, 2.24) is 14.3 Å². The fourth-order valence-electron chi connectivity index (χ4n) is 3.50. The van der Waals surface area contributed by atoms with E-state index in [0.717, 1.165) is 25.0 Å². The van der Waals surface area contributed by atoms with Gasteiger partial charge in [0.1, 0.15) is 15.8 Å². The van der Waals surface area contributed by atoms with E-state index in [1.54, 1.807) is 12.3 Å². The summed E-state index contributed by atoms with van der Waals surface area (Å²) in [7, 11) is 0. The van der Waals surface area contributed by atoms with Crippen LogP contribution in [0.3, 0.4) is 0 Å². The molecule has 1 atom stereocenters. The molecule has 4 rings (SSSR count). The van der Waals surface area contributed by atoms with E-state index in [2.05, 4.69) is 5.32 Å². The van der Waals surface area contributed by atoms with E-state index in [9.17, 15) is 9.59 Å². The minimum Gasteiger partial charge on any atom is -0.376 e. The predicted molar refractivity (Wildman–Crippen MR) is 119 cm³/mol. The molecule has 4 heterocycles. The van der Waals surface area contributed by atoms with E-state index in [-0.39, 0.29) is 17.6 Å². The molecule has 1 amide bonds. The largest absolute Gasteiger partial charge is 0.376 e. The number of ether oxygens (including phenoxy) is 1. The first-order chi connectivity index (χ1) is 14.0. The number of thiocarbonyl (C=S) groups is 1. The van der Waals surface area contributed by atoms with Gasteiger partial charge in [-0.1, -0.05) is 30.0 Å². The first-order valence-corrected chi connectivity index (χ1v) is 10.8. The van der Waals surface area contributed by atoms with Crippen molar-refractivity contribution in [3.63, 3.8) is 0 Å². The SMILES string of the molecule is CCN1C(=O)/C(=C/c2c(NC[C@@H]3CCCO3)nc3c(C)cccn3c2=O)SC1=S. The number of amides is 1. The number of pyridine rings is 1. The molecule has 0 spiro atoms. The second kappa shape index (κ2) is 8.25. The van der Waals surface area contributed by atoms with Crippen molar-refractivity contribution in [3.05, 3.63) is 44.7 Å². The predicted octanol–water partition coefficient (Wildman–Crippen LogP) is 2.81. The quantitative estimate of drug-likeness (QED) is 0.577. The first kappa shape index (κ1) is 20.1. The number of aromatic nitrogens is 2. The number of nitrogens with zero attached hydrogens (tertiary/aromatic N) is 3. The van der Waals surface area contributed by atoms with E-state index in [1.807, 2.05) is 26.0 Å². The van der Waals surface area contributed by atoms with Gasteiger partial charge in [0.25, 0.3) is 11.5 Å². The summed E-state index contributed by atoms with van der Waals surface area (Å²) < 4.78 is 7.69. The molecule has 2 saturated heterocycles. The van der Waals surface area contributed by atoms with Gasteiger partial charge in [-0.15, -0.1) is 0 Å². The number of fused-ring (bicyclic) bond motifs is 1. The average molecular weight is 431 g/mol. The number of thioether (sulfide) groups is 1. The minimum atomic E-state index is -0.227. The molecular weight excluding hydrogens is 408 g/mol. The molecule has 152 valence electrons. The van der Waals surface area contributed by atoms with Crippen LogP contribution in [0, 0.1) is 6.92 Å². The van der Waals surface area contributed by atoms with Crippen LogP contribution in [0.4, 0.5) is 5.82 Å². The number of anilines is 1. The van der Waals surface area contributed by atoms with Crippen LogP contribution >= 0.6 is 24.0 Å². The smallest absolute Gasteiger partial charge is 0.267 e. The molecule has 2 aliphatic heterocycles. The van der Waals surface area contributed by atoms with Crippen molar-refractivity contribution in [2.45, 2.75) is 32.8 Å². The third-order valence-corrected chi connectivity index (χ3v) is 6.45. The van der Waals surface area contributed by atoms with Crippen molar-refractivity contribution in [1.29, 1.82) is 0 Å². The zero-order valence-electron chi connectivity index (χ0n) is 16.3. The zero-order chi connectivity index (χ0) is 20.5. The standard InChI is InChI=1S/C20H22N4O3S2/c1-3-23-19(26)15(29-20(23)28)10-14-16(21-11-13-7-5-9-27-13)22-17-12(2)6-4-8-24(17)18(14)25/h4,6,8,10,13,21H,3,5,7,9,11H2,1-2H3/b15-10-/t13-/m0/s1. The highest BCUT2D eigenvalue weighted by Crippen LogP contribution is 2.32. The van der Waals surface area contributed by atoms with Gasteiger partial charge in [0, 0.05) is 25.9 Å². The Bertz CT molecular complexity index is 1070. The lowest BCUT2D eigenvalue weighted by atomic mass is 10.2. The number of hydrogen-bond acceptors (Lipinski definition) is 7. The van der Waals surface area contributed by atoms with Gasteiger partial charge in [-0.3, -0.25) is 18.9 Å². The van der Waals surface area contributed by atoms with Crippen LogP contribution in [0.15, 0.2) is 28.0 Å². The average Bonchev–Trinajstić information content (AvgIpc) is 3.31. The Labute approximate surface area is 178 Å². The molecule has 2 aromatic rings. The zero-order valence-corrected chi connectivity index (χ0v) is 17.9. The summed E-state index contributed by atoms with van der Waals surface area (Å²) in [6.07, 6.45) is 5.40. The molecular formula is C20H22N4O3S2. The van der Waals surface area contributed by atoms with E-state index < -0.39 is 0 Å². The molecule has 0 radical (unpaired) electrons. The van der Waals surface area contributed by atoms with Crippen molar-refractivity contribution < 1.29 is 9.53 Å². The molecule has 2 aliphatic rings. The summed E-state index contributed by atoms with van der Waals surface area (Å²) in [5.74, 6) is 0.280. The fraction of sp³-hybridized carbons (Fsp3) is 0.400. The maximum atomic E-state index is 13.3. The molecule has 0 aromatic carbocycles. The Morgan fingerprint density at radius 1 is 1.45 bits per heavy atom. The van der Waals surface area contributed by atoms with Crippen molar-refractivity contribution in [2.75, 3.05) is 25.0 Å². The van der Waals surface area contributed by atoms with Gasteiger partial charge in [0.05, 0.1) is 16.6 Å². The monoisotopic (exact) mass is 430 g/mol. The highest BCUT2D eigenvalue weighted by molar-refractivity contribution is 8.26. The molecule has 0 aliphatic carbocycles. The lowest BCUT2D eigenvalue weighted by Gasteiger charge is -2.15. The van der Waals surface area contributed by atoms with Crippen molar-refractivity contribution in [2.24, 2.45) is 0 Å². The Morgan fingerprint density at radius 3 is 2.97 bits per heavy atom. The van der Waals surface area contributed by atoms with Crippen LogP contribution in [-0.4, -0.2) is 50.3 Å². The lowest BCUT2D eigenvalue weighted by molar-refractivity contribution is -0.121. The Balaban J connectivity index is 1.80. The highest BCUT2D eigenvalue weighted by atomic mass is 32.2. The number of likely N-dealkylation sites (N-methyl/N-ethyl adjacent to an activating group) is 1. The number of rotatable bonds is 5. The van der Waals surface area contributed by atoms with Crippen LogP contribution in [0.25, 0.3) is 11.7 Å². The number of nitrogens with one attached hydrogen (secondary N) is 1. The fourth-order valence-corrected chi connectivity index (χ4v) is 4.86. The van der Waals surface area contributed by atoms with E-state index >= 15 is 0 Å². The maximum Gasteiger partial charge on any atom is 0.267 e. The molecule has 1 N–H and O–H groups in total. The molecule has 2 aromatic heterocycles. The van der Waals surface area contributed by atoms with E-state index in [0.29, 0.717) is 39.3 Å². The molecule has 7 nitrogen and oxygen atoms in total. The van der Waals surface area contributed by atoms with Gasteiger partial charge in [0.15, 0.2) is 0 Å². The number of carbonyl (C=O) groups is 1. The Kier molecular flexibility index (Phi) is 5.71. The van der Waals surface area contributed by atoms with Gasteiger partial charge in [-0.05, 0) is 44.4 Å². The summed E-state index contributed by atoms with van der Waals surface area (Å²) in [5, 5.41) is 3.28. The summed E-state index contributed by atoms with van der Waals surface area (Å²) in [6.45, 7) is 5.60. The van der Waals surface area contributed by atoms with Gasteiger partial charge < -0.3 is 10.1 Å². The van der Waals surface area contributed by atoms with Crippen LogP contribution in [0.5, 0.6) is 0 Å². The van der Waals surface area contributed by atoms with Crippen LogP contribution in [0.1, 0.15) is 30.9 Å². The molecule has 0 unspecified atom stereocenters. The molecule has 2 fully saturated rings. The summed E-state index contributed by atoms with van der Waals surface area (Å²) >= 11 is 6.50. The van der Waals surface area contributed by atoms with E-state index in [4.69, 9.17) is 21.9 Å². The van der Waals surface area contributed by atoms with Gasteiger partial charge in [-0.25, -0.2) is 4.98 Å². The second-order valence-electron chi connectivity index (χ2n) is 7.01. The van der Waals surface area contributed by atoms with Crippen LogP contribution < -0.4 is 10.9 Å². The maximum absolute atomic E-state index is 13.3. The summed E-state index contributed by atoms with van der Waals surface area (Å²) in [6, 6.07) is 3.73. The summed E-state index contributed by atoms with van der Waals surface area (Å²) in [5.41, 5.74) is 1.61. The van der Waals surface area contributed by atoms with Crippen LogP contribution in [0.2, 0.25) is 0 Å².